The fourth-order valence-electron chi connectivity index (χ4n) is 4.20. The molecule has 1 amide bonds. The van der Waals surface area contributed by atoms with Crippen molar-refractivity contribution in [2.24, 2.45) is 0 Å². The number of aryl methyl sites for hydroxylation is 3. The minimum atomic E-state index is -0.559. The fraction of sp³-hybridized carbons (Fsp3) is 0.179. The average Bonchev–Trinajstić information content (AvgIpc) is 3.54. The summed E-state index contributed by atoms with van der Waals surface area (Å²) in [5, 5.41) is 14.7. The summed E-state index contributed by atoms with van der Waals surface area (Å²) in [4.78, 5) is 23.7. The van der Waals surface area contributed by atoms with E-state index in [2.05, 4.69) is 11.4 Å². The van der Waals surface area contributed by atoms with Gasteiger partial charge in [-0.15, -0.1) is 0 Å². The van der Waals surface area contributed by atoms with Crippen LogP contribution in [0.4, 0.5) is 11.4 Å². The maximum absolute atomic E-state index is 12.8. The van der Waals surface area contributed by atoms with Crippen LogP contribution in [-0.2, 0) is 19.4 Å². The third-order valence-electron chi connectivity index (χ3n) is 6.06. The number of rotatable bonds is 8. The Morgan fingerprint density at radius 1 is 1.00 bits per heavy atom. The molecule has 37 heavy (non-hydrogen) atoms. The SMILES string of the molecule is Cc1cc(Oc2cc(NC(=O)c3ccc(COc4ccc5c(c4)CCC5)o3)cc([N+](=O)[O-])c2)ccc1Cl. The zero-order valence-electron chi connectivity index (χ0n) is 20.0. The van der Waals surface area contributed by atoms with Crippen LogP contribution in [0.25, 0.3) is 0 Å². The molecule has 0 bridgehead atoms. The highest BCUT2D eigenvalue weighted by Crippen LogP contribution is 2.32. The van der Waals surface area contributed by atoms with Crippen LogP contribution in [0, 0.1) is 17.0 Å². The van der Waals surface area contributed by atoms with Gasteiger partial charge in [0.15, 0.2) is 5.76 Å². The molecule has 0 unspecified atom stereocenters. The predicted molar refractivity (Wildman–Crippen MR) is 139 cm³/mol. The number of halogens is 1. The molecule has 0 radical (unpaired) electrons. The number of carbonyl (C=O) groups is 1. The molecular weight excluding hydrogens is 496 g/mol. The second kappa shape index (κ2) is 10.4. The van der Waals surface area contributed by atoms with E-state index in [9.17, 15) is 14.9 Å². The maximum atomic E-state index is 12.8. The van der Waals surface area contributed by atoms with Gasteiger partial charge in [0.2, 0.25) is 0 Å². The lowest BCUT2D eigenvalue weighted by Gasteiger charge is -2.10. The van der Waals surface area contributed by atoms with Crippen molar-refractivity contribution < 1.29 is 23.6 Å². The second-order valence-corrected chi connectivity index (χ2v) is 9.19. The van der Waals surface area contributed by atoms with Gasteiger partial charge in [0.05, 0.1) is 16.7 Å². The summed E-state index contributed by atoms with van der Waals surface area (Å²) >= 11 is 6.05. The highest BCUT2D eigenvalue weighted by Gasteiger charge is 2.17. The van der Waals surface area contributed by atoms with Crippen molar-refractivity contribution in [3.05, 3.63) is 110 Å². The van der Waals surface area contributed by atoms with Crippen LogP contribution in [0.1, 0.15) is 39.4 Å². The van der Waals surface area contributed by atoms with Crippen LogP contribution < -0.4 is 14.8 Å². The maximum Gasteiger partial charge on any atom is 0.291 e. The van der Waals surface area contributed by atoms with Crippen LogP contribution in [-0.4, -0.2) is 10.8 Å². The number of hydrogen-bond donors (Lipinski definition) is 1. The molecule has 188 valence electrons. The summed E-state index contributed by atoms with van der Waals surface area (Å²) in [6.07, 6.45) is 3.32. The number of nitrogens with one attached hydrogen (secondary N) is 1. The average molecular weight is 519 g/mol. The highest BCUT2D eigenvalue weighted by atomic mass is 35.5. The van der Waals surface area contributed by atoms with E-state index in [1.807, 2.05) is 19.1 Å². The lowest BCUT2D eigenvalue weighted by atomic mass is 10.1. The summed E-state index contributed by atoms with van der Waals surface area (Å²) in [5.41, 5.74) is 3.42. The number of benzene rings is 3. The van der Waals surface area contributed by atoms with Gasteiger partial charge in [-0.05, 0) is 85.3 Å². The van der Waals surface area contributed by atoms with E-state index in [0.717, 1.165) is 30.6 Å². The minimum absolute atomic E-state index is 0.0508. The molecule has 4 aromatic rings. The van der Waals surface area contributed by atoms with Gasteiger partial charge in [0.1, 0.15) is 29.6 Å². The van der Waals surface area contributed by atoms with Crippen LogP contribution >= 0.6 is 11.6 Å². The summed E-state index contributed by atoms with van der Waals surface area (Å²) in [7, 11) is 0. The molecule has 1 aromatic heterocycles. The Kier molecular flexibility index (Phi) is 6.83. The third kappa shape index (κ3) is 5.76. The molecule has 3 aromatic carbocycles. The monoisotopic (exact) mass is 518 g/mol. The number of fused-ring (bicyclic) bond motifs is 1. The Bertz CT molecular complexity index is 1500. The molecule has 8 nitrogen and oxygen atoms in total. The van der Waals surface area contributed by atoms with Gasteiger partial charge < -0.3 is 19.2 Å². The number of anilines is 1. The molecule has 0 fully saturated rings. The summed E-state index contributed by atoms with van der Waals surface area (Å²) in [5.74, 6) is 1.37. The Labute approximate surface area is 217 Å². The lowest BCUT2D eigenvalue weighted by molar-refractivity contribution is -0.384. The quantitative estimate of drug-likeness (QED) is 0.194. The molecule has 9 heteroatoms. The minimum Gasteiger partial charge on any atom is -0.486 e. The van der Waals surface area contributed by atoms with Crippen molar-refractivity contribution in [3.63, 3.8) is 0 Å². The van der Waals surface area contributed by atoms with Gasteiger partial charge in [-0.3, -0.25) is 14.9 Å². The van der Waals surface area contributed by atoms with Crippen molar-refractivity contribution in [3.8, 4) is 17.2 Å². The standard InChI is InChI=1S/C28H23ClN2O6/c1-17-11-23(7-9-26(17)29)36-25-14-20(13-21(15-25)31(33)34)30-28(32)27-10-8-24(37-27)16-35-22-6-5-18-3-2-4-19(18)12-22/h5-15H,2-4,16H2,1H3,(H,30,32). The Hall–Kier alpha value is -4.30. The Morgan fingerprint density at radius 3 is 2.62 bits per heavy atom. The van der Waals surface area contributed by atoms with Gasteiger partial charge >= 0.3 is 0 Å². The fourth-order valence-corrected chi connectivity index (χ4v) is 4.32. The van der Waals surface area contributed by atoms with E-state index >= 15 is 0 Å². The summed E-state index contributed by atoms with van der Waals surface area (Å²) in [6, 6.07) is 18.3. The number of non-ortho nitro benzene ring substituents is 1. The van der Waals surface area contributed by atoms with Crippen molar-refractivity contribution >= 4 is 28.9 Å². The van der Waals surface area contributed by atoms with Gasteiger partial charge in [0.25, 0.3) is 11.6 Å². The van der Waals surface area contributed by atoms with Gasteiger partial charge in [-0.25, -0.2) is 0 Å². The first-order valence-corrected chi connectivity index (χ1v) is 12.1. The number of nitrogens with zero attached hydrogens (tertiary/aromatic N) is 1. The Balaban J connectivity index is 1.27. The topological polar surface area (TPSA) is 104 Å². The molecule has 1 aliphatic carbocycles. The first-order valence-electron chi connectivity index (χ1n) is 11.7. The van der Waals surface area contributed by atoms with E-state index in [1.165, 1.54) is 35.4 Å². The third-order valence-corrected chi connectivity index (χ3v) is 6.49. The molecule has 0 spiro atoms. The van der Waals surface area contributed by atoms with Crippen LogP contribution in [0.2, 0.25) is 5.02 Å². The second-order valence-electron chi connectivity index (χ2n) is 8.78. The normalized spacial score (nSPS) is 12.2. The molecule has 0 saturated carbocycles. The smallest absolute Gasteiger partial charge is 0.291 e. The lowest BCUT2D eigenvalue weighted by Crippen LogP contribution is -2.11. The number of amides is 1. The van der Waals surface area contributed by atoms with E-state index in [4.69, 9.17) is 25.5 Å². The van der Waals surface area contributed by atoms with Crippen molar-refractivity contribution in [2.75, 3.05) is 5.32 Å². The first-order chi connectivity index (χ1) is 17.8. The van der Waals surface area contributed by atoms with Crippen LogP contribution in [0.5, 0.6) is 17.2 Å². The molecule has 1 heterocycles. The van der Waals surface area contributed by atoms with Crippen molar-refractivity contribution in [1.29, 1.82) is 0 Å². The van der Waals surface area contributed by atoms with Crippen molar-refractivity contribution in [1.82, 2.24) is 0 Å². The number of nitro benzene ring substituents is 1. The molecule has 0 saturated heterocycles. The molecule has 5 rings (SSSR count). The van der Waals surface area contributed by atoms with Gasteiger partial charge in [0, 0.05) is 17.2 Å². The van der Waals surface area contributed by atoms with E-state index < -0.39 is 10.8 Å². The van der Waals surface area contributed by atoms with Gasteiger partial charge in [-0.2, -0.15) is 0 Å². The molecule has 1 N–H and O–H groups in total. The van der Waals surface area contributed by atoms with E-state index in [-0.39, 0.29) is 29.5 Å². The molecule has 0 aliphatic heterocycles. The van der Waals surface area contributed by atoms with Crippen LogP contribution in [0.15, 0.2) is 71.1 Å². The number of hydrogen-bond acceptors (Lipinski definition) is 6. The van der Waals surface area contributed by atoms with Crippen molar-refractivity contribution in [2.45, 2.75) is 32.8 Å². The number of nitro groups is 1. The summed E-state index contributed by atoms with van der Waals surface area (Å²) < 4.78 is 17.3. The largest absolute Gasteiger partial charge is 0.486 e. The predicted octanol–water partition coefficient (Wildman–Crippen LogP) is 7.26. The highest BCUT2D eigenvalue weighted by molar-refractivity contribution is 6.31. The zero-order valence-corrected chi connectivity index (χ0v) is 20.7. The number of furan rings is 1. The van der Waals surface area contributed by atoms with E-state index in [0.29, 0.717) is 16.5 Å². The zero-order chi connectivity index (χ0) is 25.9. The first kappa shape index (κ1) is 24.4. The van der Waals surface area contributed by atoms with Gasteiger partial charge in [-0.1, -0.05) is 17.7 Å². The van der Waals surface area contributed by atoms with E-state index in [1.54, 1.807) is 24.3 Å². The molecule has 1 aliphatic rings. The number of carbonyl (C=O) groups excluding carboxylic acids is 1. The molecular formula is C28H23ClN2O6. The number of ether oxygens (including phenoxy) is 2. The van der Waals surface area contributed by atoms with Crippen LogP contribution in [0.3, 0.4) is 0 Å². The Morgan fingerprint density at radius 2 is 1.81 bits per heavy atom. The summed E-state index contributed by atoms with van der Waals surface area (Å²) in [6.45, 7) is 1.99. The molecule has 0 atom stereocenters.